The molecule has 0 bridgehead atoms. The molecule has 1 fully saturated rings. The molecular weight excluding hydrogens is 254 g/mol. The Kier molecular flexibility index (Phi) is 4.62. The summed E-state index contributed by atoms with van der Waals surface area (Å²) in [4.78, 5) is 14.8. The van der Waals surface area contributed by atoms with E-state index in [2.05, 4.69) is 15.5 Å². The van der Waals surface area contributed by atoms with Gasteiger partial charge in [0.2, 0.25) is 5.91 Å². The van der Waals surface area contributed by atoms with Crippen molar-refractivity contribution < 1.29 is 9.53 Å². The first-order valence-corrected chi connectivity index (χ1v) is 6.96. The Hall–Kier alpha value is -1.59. The molecule has 20 heavy (non-hydrogen) atoms. The van der Waals surface area contributed by atoms with Crippen molar-refractivity contribution in [1.82, 2.24) is 10.2 Å². The monoisotopic (exact) mass is 277 g/mol. The molecule has 110 valence electrons. The maximum atomic E-state index is 12.6. The number of ether oxygens (including phenoxy) is 1. The van der Waals surface area contributed by atoms with Crippen LogP contribution in [0.5, 0.6) is 5.75 Å². The summed E-state index contributed by atoms with van der Waals surface area (Å²) in [7, 11) is 1.60. The van der Waals surface area contributed by atoms with E-state index in [9.17, 15) is 4.79 Å². The number of carbonyl (C=O) groups excluding carboxylic acids is 1. The van der Waals surface area contributed by atoms with E-state index in [-0.39, 0.29) is 5.91 Å². The first kappa shape index (κ1) is 14.8. The maximum Gasteiger partial charge on any atom is 0.244 e. The quantitative estimate of drug-likeness (QED) is 0.871. The number of anilines is 1. The van der Waals surface area contributed by atoms with Gasteiger partial charge < -0.3 is 15.4 Å². The highest BCUT2D eigenvalue weighted by atomic mass is 16.5. The Morgan fingerprint density at radius 3 is 2.60 bits per heavy atom. The van der Waals surface area contributed by atoms with Gasteiger partial charge >= 0.3 is 0 Å². The van der Waals surface area contributed by atoms with Crippen molar-refractivity contribution in [3.8, 4) is 5.75 Å². The van der Waals surface area contributed by atoms with Crippen LogP contribution in [-0.4, -0.2) is 49.6 Å². The standard InChI is InChI=1S/C15H23N3O2/c1-15(2,18-10-8-16-9-11-18)14(19)17-12-6-4-5-7-13(12)20-3/h4-7,16H,8-11H2,1-3H3,(H,17,19). The molecule has 1 heterocycles. The highest BCUT2D eigenvalue weighted by Gasteiger charge is 2.35. The second kappa shape index (κ2) is 6.24. The fraction of sp³-hybridized carbons (Fsp3) is 0.533. The number of nitrogens with one attached hydrogen (secondary N) is 2. The molecule has 0 atom stereocenters. The Morgan fingerprint density at radius 1 is 1.30 bits per heavy atom. The molecule has 5 heteroatoms. The summed E-state index contributed by atoms with van der Waals surface area (Å²) >= 11 is 0. The van der Waals surface area contributed by atoms with Crippen molar-refractivity contribution in [2.24, 2.45) is 0 Å². The van der Waals surface area contributed by atoms with E-state index in [1.54, 1.807) is 7.11 Å². The van der Waals surface area contributed by atoms with Gasteiger partial charge in [-0.2, -0.15) is 0 Å². The minimum absolute atomic E-state index is 0.0103. The lowest BCUT2D eigenvalue weighted by Crippen LogP contribution is -2.58. The van der Waals surface area contributed by atoms with Crippen molar-refractivity contribution in [3.63, 3.8) is 0 Å². The fourth-order valence-corrected chi connectivity index (χ4v) is 2.39. The van der Waals surface area contributed by atoms with Gasteiger partial charge in [0, 0.05) is 26.2 Å². The molecule has 0 spiro atoms. The van der Waals surface area contributed by atoms with Gasteiger partial charge in [0.25, 0.3) is 0 Å². The highest BCUT2D eigenvalue weighted by molar-refractivity contribution is 5.98. The van der Waals surface area contributed by atoms with Crippen LogP contribution in [-0.2, 0) is 4.79 Å². The van der Waals surface area contributed by atoms with Gasteiger partial charge in [0.1, 0.15) is 5.75 Å². The van der Waals surface area contributed by atoms with E-state index < -0.39 is 5.54 Å². The second-order valence-corrected chi connectivity index (χ2v) is 5.45. The number of nitrogens with zero attached hydrogens (tertiary/aromatic N) is 1. The van der Waals surface area contributed by atoms with Crippen molar-refractivity contribution in [2.75, 3.05) is 38.6 Å². The summed E-state index contributed by atoms with van der Waals surface area (Å²) < 4.78 is 5.27. The van der Waals surface area contributed by atoms with Gasteiger partial charge in [-0.05, 0) is 26.0 Å². The second-order valence-electron chi connectivity index (χ2n) is 5.45. The first-order chi connectivity index (χ1) is 9.55. The van der Waals surface area contributed by atoms with Gasteiger partial charge in [-0.15, -0.1) is 0 Å². The molecule has 1 aromatic carbocycles. The molecule has 1 aromatic rings. The van der Waals surface area contributed by atoms with Crippen LogP contribution in [0.2, 0.25) is 0 Å². The number of rotatable bonds is 4. The van der Waals surface area contributed by atoms with E-state index in [1.807, 2.05) is 38.1 Å². The first-order valence-electron chi connectivity index (χ1n) is 6.96. The van der Waals surface area contributed by atoms with E-state index in [0.717, 1.165) is 26.2 Å². The number of carbonyl (C=O) groups is 1. The van der Waals surface area contributed by atoms with Crippen LogP contribution < -0.4 is 15.4 Å². The summed E-state index contributed by atoms with van der Waals surface area (Å²) in [5.41, 5.74) is 0.173. The smallest absolute Gasteiger partial charge is 0.244 e. The van der Waals surface area contributed by atoms with Crippen LogP contribution in [0.4, 0.5) is 5.69 Å². The normalized spacial score (nSPS) is 16.8. The number of para-hydroxylation sites is 2. The number of hydrogen-bond donors (Lipinski definition) is 2. The summed E-state index contributed by atoms with van der Waals surface area (Å²) in [5, 5.41) is 6.27. The third-order valence-corrected chi connectivity index (χ3v) is 3.82. The van der Waals surface area contributed by atoms with E-state index >= 15 is 0 Å². The van der Waals surface area contributed by atoms with E-state index in [1.165, 1.54) is 0 Å². The summed E-state index contributed by atoms with van der Waals surface area (Å²) in [5.74, 6) is 0.667. The third kappa shape index (κ3) is 3.11. The summed E-state index contributed by atoms with van der Waals surface area (Å²) in [6.07, 6.45) is 0. The van der Waals surface area contributed by atoms with Crippen molar-refractivity contribution in [2.45, 2.75) is 19.4 Å². The zero-order valence-corrected chi connectivity index (χ0v) is 12.4. The van der Waals surface area contributed by atoms with Crippen LogP contribution in [0.25, 0.3) is 0 Å². The molecule has 2 N–H and O–H groups in total. The molecule has 0 aliphatic carbocycles. The lowest BCUT2D eigenvalue weighted by molar-refractivity contribution is -0.126. The molecule has 0 saturated carbocycles. The molecule has 0 aromatic heterocycles. The van der Waals surface area contributed by atoms with Crippen LogP contribution in [0.1, 0.15) is 13.8 Å². The molecule has 2 rings (SSSR count). The average Bonchev–Trinajstić information content (AvgIpc) is 2.48. The predicted octanol–water partition coefficient (Wildman–Crippen LogP) is 1.32. The molecule has 0 unspecified atom stereocenters. The number of methoxy groups -OCH3 is 1. The van der Waals surface area contributed by atoms with Gasteiger partial charge in [0.15, 0.2) is 0 Å². The Balaban J connectivity index is 2.10. The molecule has 1 saturated heterocycles. The van der Waals surface area contributed by atoms with Gasteiger partial charge in [0.05, 0.1) is 18.3 Å². The van der Waals surface area contributed by atoms with Crippen molar-refractivity contribution >= 4 is 11.6 Å². The summed E-state index contributed by atoms with van der Waals surface area (Å²) in [6, 6.07) is 7.46. The fourth-order valence-electron chi connectivity index (χ4n) is 2.39. The van der Waals surface area contributed by atoms with Crippen LogP contribution in [0.3, 0.4) is 0 Å². The minimum atomic E-state index is -0.539. The lowest BCUT2D eigenvalue weighted by atomic mass is 10.00. The zero-order valence-electron chi connectivity index (χ0n) is 12.4. The number of amides is 1. The van der Waals surface area contributed by atoms with E-state index in [0.29, 0.717) is 11.4 Å². The zero-order chi connectivity index (χ0) is 14.6. The van der Waals surface area contributed by atoms with Gasteiger partial charge in [-0.1, -0.05) is 12.1 Å². The Morgan fingerprint density at radius 2 is 1.95 bits per heavy atom. The molecule has 1 amide bonds. The Bertz CT molecular complexity index is 468. The van der Waals surface area contributed by atoms with Crippen molar-refractivity contribution in [1.29, 1.82) is 0 Å². The minimum Gasteiger partial charge on any atom is -0.495 e. The van der Waals surface area contributed by atoms with Crippen molar-refractivity contribution in [3.05, 3.63) is 24.3 Å². The third-order valence-electron chi connectivity index (χ3n) is 3.82. The molecule has 0 radical (unpaired) electrons. The summed E-state index contributed by atoms with van der Waals surface area (Å²) in [6.45, 7) is 7.53. The number of hydrogen-bond acceptors (Lipinski definition) is 4. The van der Waals surface area contributed by atoms with Gasteiger partial charge in [-0.3, -0.25) is 9.69 Å². The molecular formula is C15H23N3O2. The predicted molar refractivity (Wildman–Crippen MR) is 80.1 cm³/mol. The molecule has 5 nitrogen and oxygen atoms in total. The largest absolute Gasteiger partial charge is 0.495 e. The van der Waals surface area contributed by atoms with Crippen LogP contribution in [0, 0.1) is 0 Å². The number of benzene rings is 1. The van der Waals surface area contributed by atoms with E-state index in [4.69, 9.17) is 4.74 Å². The SMILES string of the molecule is COc1ccccc1NC(=O)C(C)(C)N1CCNCC1. The lowest BCUT2D eigenvalue weighted by Gasteiger charge is -2.39. The molecule has 1 aliphatic heterocycles. The van der Waals surface area contributed by atoms with Crippen LogP contribution >= 0.6 is 0 Å². The highest BCUT2D eigenvalue weighted by Crippen LogP contribution is 2.25. The number of piperazine rings is 1. The topological polar surface area (TPSA) is 53.6 Å². The van der Waals surface area contributed by atoms with Crippen LogP contribution in [0.15, 0.2) is 24.3 Å². The maximum absolute atomic E-state index is 12.6. The Labute approximate surface area is 120 Å². The van der Waals surface area contributed by atoms with Gasteiger partial charge in [-0.25, -0.2) is 0 Å². The average molecular weight is 277 g/mol. The molecule has 1 aliphatic rings.